The average molecular weight is 268 g/mol. The molecule has 112 valence electrons. The van der Waals surface area contributed by atoms with Crippen LogP contribution in [0.3, 0.4) is 0 Å². The molecule has 0 aromatic heterocycles. The van der Waals surface area contributed by atoms with E-state index in [-0.39, 0.29) is 0 Å². The molecule has 2 rings (SSSR count). The third kappa shape index (κ3) is 4.17. The lowest BCUT2D eigenvalue weighted by molar-refractivity contribution is 0.0344. The van der Waals surface area contributed by atoms with Crippen LogP contribution in [0.1, 0.15) is 45.4 Å². The molecule has 3 atom stereocenters. The van der Waals surface area contributed by atoms with Gasteiger partial charge in [-0.25, -0.2) is 0 Å². The molecule has 1 aliphatic carbocycles. The van der Waals surface area contributed by atoms with Crippen LogP contribution in [0, 0.1) is 17.8 Å². The molecule has 0 radical (unpaired) electrons. The topological polar surface area (TPSA) is 38.5 Å². The molecule has 2 fully saturated rings. The molecule has 1 heterocycles. The van der Waals surface area contributed by atoms with Gasteiger partial charge in [0.15, 0.2) is 0 Å². The smallest absolute Gasteiger partial charge is 0.0469 e. The summed E-state index contributed by atoms with van der Waals surface area (Å²) in [6, 6.07) is 0.714. The van der Waals surface area contributed by atoms with Gasteiger partial charge < -0.3 is 15.4 Å². The fraction of sp³-hybridized carbons (Fsp3) is 1.00. The number of nitrogens with two attached hydrogens (primary N) is 1. The zero-order valence-corrected chi connectivity index (χ0v) is 12.8. The Balaban J connectivity index is 1.88. The van der Waals surface area contributed by atoms with Crippen molar-refractivity contribution in [3.8, 4) is 0 Å². The minimum absolute atomic E-state index is 0.714. The summed E-state index contributed by atoms with van der Waals surface area (Å²) in [6.45, 7) is 6.35. The molecule has 0 aromatic carbocycles. The first kappa shape index (κ1) is 15.3. The lowest BCUT2D eigenvalue weighted by Crippen LogP contribution is -2.47. The lowest BCUT2D eigenvalue weighted by Gasteiger charge is -2.42. The molecular weight excluding hydrogens is 236 g/mol. The van der Waals surface area contributed by atoms with Crippen molar-refractivity contribution in [2.75, 3.05) is 33.4 Å². The van der Waals surface area contributed by atoms with E-state index in [1.165, 1.54) is 45.1 Å². The normalized spacial score (nSPS) is 33.8. The second-order valence-electron chi connectivity index (χ2n) is 6.65. The Labute approximate surface area is 118 Å². The summed E-state index contributed by atoms with van der Waals surface area (Å²) in [5.41, 5.74) is 6.00. The van der Waals surface area contributed by atoms with Crippen molar-refractivity contribution in [2.45, 2.75) is 51.5 Å². The number of hydrogen-bond donors (Lipinski definition) is 1. The molecule has 19 heavy (non-hydrogen) atoms. The van der Waals surface area contributed by atoms with E-state index in [0.29, 0.717) is 12.0 Å². The Bertz CT molecular complexity index is 253. The predicted molar refractivity (Wildman–Crippen MR) is 80.1 cm³/mol. The molecule has 3 heteroatoms. The fourth-order valence-corrected chi connectivity index (χ4v) is 3.95. The van der Waals surface area contributed by atoms with E-state index in [4.69, 9.17) is 10.5 Å². The first-order valence-corrected chi connectivity index (χ1v) is 8.22. The van der Waals surface area contributed by atoms with E-state index in [1.807, 2.05) is 0 Å². The molecule has 2 aliphatic rings. The minimum Gasteiger partial charge on any atom is -0.381 e. The van der Waals surface area contributed by atoms with E-state index < -0.39 is 0 Å². The highest BCUT2D eigenvalue weighted by molar-refractivity contribution is 4.87. The predicted octanol–water partition coefficient (Wildman–Crippen LogP) is 2.50. The van der Waals surface area contributed by atoms with Crippen molar-refractivity contribution in [3.63, 3.8) is 0 Å². The second kappa shape index (κ2) is 7.61. The van der Waals surface area contributed by atoms with Crippen LogP contribution < -0.4 is 5.73 Å². The molecule has 2 N–H and O–H groups in total. The van der Waals surface area contributed by atoms with Crippen LogP contribution in [0.5, 0.6) is 0 Å². The van der Waals surface area contributed by atoms with Gasteiger partial charge in [-0.05, 0) is 57.0 Å². The van der Waals surface area contributed by atoms with Crippen LogP contribution in [-0.2, 0) is 4.74 Å². The van der Waals surface area contributed by atoms with E-state index >= 15 is 0 Å². The maximum Gasteiger partial charge on any atom is 0.0469 e. The third-order valence-corrected chi connectivity index (χ3v) is 5.40. The van der Waals surface area contributed by atoms with Gasteiger partial charge in [-0.3, -0.25) is 0 Å². The van der Waals surface area contributed by atoms with Crippen molar-refractivity contribution in [2.24, 2.45) is 23.5 Å². The Morgan fingerprint density at radius 3 is 2.47 bits per heavy atom. The molecular formula is C16H32N2O. The maximum absolute atomic E-state index is 6.00. The summed E-state index contributed by atoms with van der Waals surface area (Å²) in [5.74, 6) is 2.47. The van der Waals surface area contributed by atoms with Crippen molar-refractivity contribution in [3.05, 3.63) is 0 Å². The standard InChI is InChI=1S/C16H32N2O/c1-3-13-4-5-15(11-17)16(10-13)18(2)12-14-6-8-19-9-7-14/h13-16H,3-12,17H2,1-2H3. The van der Waals surface area contributed by atoms with E-state index in [1.54, 1.807) is 0 Å². The van der Waals surface area contributed by atoms with E-state index in [2.05, 4.69) is 18.9 Å². The van der Waals surface area contributed by atoms with Gasteiger partial charge in [0, 0.05) is 25.8 Å². The summed E-state index contributed by atoms with van der Waals surface area (Å²) in [6.07, 6.45) is 7.89. The second-order valence-corrected chi connectivity index (χ2v) is 6.65. The summed E-state index contributed by atoms with van der Waals surface area (Å²) < 4.78 is 5.46. The van der Waals surface area contributed by atoms with Crippen LogP contribution >= 0.6 is 0 Å². The summed E-state index contributed by atoms with van der Waals surface area (Å²) in [4.78, 5) is 2.62. The van der Waals surface area contributed by atoms with Crippen molar-refractivity contribution in [1.82, 2.24) is 4.90 Å². The molecule has 1 saturated carbocycles. The molecule has 1 aliphatic heterocycles. The Morgan fingerprint density at radius 1 is 1.11 bits per heavy atom. The van der Waals surface area contributed by atoms with Gasteiger partial charge in [-0.15, -0.1) is 0 Å². The maximum atomic E-state index is 6.00. The number of hydrogen-bond acceptors (Lipinski definition) is 3. The summed E-state index contributed by atoms with van der Waals surface area (Å²) >= 11 is 0. The van der Waals surface area contributed by atoms with Crippen molar-refractivity contribution in [1.29, 1.82) is 0 Å². The van der Waals surface area contributed by atoms with Crippen molar-refractivity contribution < 1.29 is 4.74 Å². The van der Waals surface area contributed by atoms with Crippen LogP contribution in [0.4, 0.5) is 0 Å². The molecule has 0 amide bonds. The zero-order valence-electron chi connectivity index (χ0n) is 12.8. The average Bonchev–Trinajstić information content (AvgIpc) is 2.47. The Kier molecular flexibility index (Phi) is 6.11. The number of nitrogens with zero attached hydrogens (tertiary/aromatic N) is 1. The van der Waals surface area contributed by atoms with Crippen molar-refractivity contribution >= 4 is 0 Å². The highest BCUT2D eigenvalue weighted by Gasteiger charge is 2.32. The van der Waals surface area contributed by atoms with Gasteiger partial charge in [-0.1, -0.05) is 19.8 Å². The van der Waals surface area contributed by atoms with Gasteiger partial charge in [0.2, 0.25) is 0 Å². The quantitative estimate of drug-likeness (QED) is 0.832. The first-order valence-electron chi connectivity index (χ1n) is 8.22. The first-order chi connectivity index (χ1) is 9.24. The Morgan fingerprint density at radius 2 is 1.84 bits per heavy atom. The lowest BCUT2D eigenvalue weighted by atomic mass is 9.76. The highest BCUT2D eigenvalue weighted by atomic mass is 16.5. The molecule has 0 spiro atoms. The molecule has 1 saturated heterocycles. The van der Waals surface area contributed by atoms with Gasteiger partial charge in [0.1, 0.15) is 0 Å². The van der Waals surface area contributed by atoms with Gasteiger partial charge in [0.05, 0.1) is 0 Å². The van der Waals surface area contributed by atoms with Gasteiger partial charge >= 0.3 is 0 Å². The van der Waals surface area contributed by atoms with Gasteiger partial charge in [-0.2, -0.15) is 0 Å². The highest BCUT2D eigenvalue weighted by Crippen LogP contribution is 2.33. The number of ether oxygens (including phenoxy) is 1. The monoisotopic (exact) mass is 268 g/mol. The van der Waals surface area contributed by atoms with Crippen LogP contribution in [0.25, 0.3) is 0 Å². The van der Waals surface area contributed by atoms with Gasteiger partial charge in [0.25, 0.3) is 0 Å². The largest absolute Gasteiger partial charge is 0.381 e. The summed E-state index contributed by atoms with van der Waals surface area (Å²) in [5, 5.41) is 0. The van der Waals surface area contributed by atoms with E-state index in [9.17, 15) is 0 Å². The van der Waals surface area contributed by atoms with Crippen LogP contribution in [0.15, 0.2) is 0 Å². The minimum atomic E-state index is 0.714. The molecule has 0 bridgehead atoms. The van der Waals surface area contributed by atoms with E-state index in [0.717, 1.165) is 31.6 Å². The molecule has 0 aromatic rings. The molecule has 3 nitrogen and oxygen atoms in total. The van der Waals surface area contributed by atoms with Crippen LogP contribution in [0.2, 0.25) is 0 Å². The number of rotatable bonds is 5. The zero-order chi connectivity index (χ0) is 13.7. The van der Waals surface area contributed by atoms with Crippen LogP contribution in [-0.4, -0.2) is 44.3 Å². The molecule has 3 unspecified atom stereocenters. The third-order valence-electron chi connectivity index (χ3n) is 5.40. The SMILES string of the molecule is CCC1CCC(CN)C(N(C)CC2CCOCC2)C1. The summed E-state index contributed by atoms with van der Waals surface area (Å²) in [7, 11) is 2.32. The fourth-order valence-electron chi connectivity index (χ4n) is 3.95. The Hall–Kier alpha value is -0.120.